The summed E-state index contributed by atoms with van der Waals surface area (Å²) in [5, 5.41) is 12.5. The van der Waals surface area contributed by atoms with Crippen LogP contribution in [0.4, 0.5) is 0 Å². The lowest BCUT2D eigenvalue weighted by Gasteiger charge is -2.34. The Kier molecular flexibility index (Phi) is 6.39. The molecule has 2 aromatic rings. The molecule has 2 N–H and O–H groups in total. The smallest absolute Gasteiger partial charge is 0.364 e. The minimum atomic E-state index is -1.54. The summed E-state index contributed by atoms with van der Waals surface area (Å²) >= 11 is 0. The molecule has 0 saturated carbocycles. The van der Waals surface area contributed by atoms with Crippen molar-refractivity contribution in [1.29, 1.82) is 0 Å². The van der Waals surface area contributed by atoms with Crippen LogP contribution in [0, 0.1) is 5.92 Å². The highest BCUT2D eigenvalue weighted by Crippen LogP contribution is 2.33. The van der Waals surface area contributed by atoms with Gasteiger partial charge in [-0.05, 0) is 31.0 Å². The van der Waals surface area contributed by atoms with Gasteiger partial charge in [-0.3, -0.25) is 0 Å². The number of allylic oxidation sites excluding steroid dienone is 1. The van der Waals surface area contributed by atoms with Gasteiger partial charge in [0.05, 0.1) is 19.8 Å². The van der Waals surface area contributed by atoms with Gasteiger partial charge in [0.2, 0.25) is 5.72 Å². The molecule has 0 amide bonds. The molecule has 0 aliphatic carbocycles. The molecule has 170 valence electrons. The van der Waals surface area contributed by atoms with E-state index in [1.54, 1.807) is 0 Å². The molecule has 2 aromatic carbocycles. The van der Waals surface area contributed by atoms with E-state index in [2.05, 4.69) is 5.32 Å². The maximum Gasteiger partial charge on any atom is 0.364 e. The zero-order chi connectivity index (χ0) is 22.6. The number of aliphatic carboxylic acids is 1. The first-order valence-corrected chi connectivity index (χ1v) is 10.8. The third kappa shape index (κ3) is 4.89. The van der Waals surface area contributed by atoms with E-state index in [4.69, 9.17) is 24.1 Å². The summed E-state index contributed by atoms with van der Waals surface area (Å²) in [5.41, 5.74) is 1.56. The van der Waals surface area contributed by atoms with Crippen LogP contribution in [0.2, 0.25) is 0 Å². The molecule has 2 heterocycles. The van der Waals surface area contributed by atoms with Crippen molar-refractivity contribution in [3.63, 3.8) is 0 Å². The van der Waals surface area contributed by atoms with Crippen LogP contribution in [0.15, 0.2) is 66.6 Å². The van der Waals surface area contributed by atoms with E-state index in [1.165, 1.54) is 6.92 Å². The van der Waals surface area contributed by atoms with Crippen molar-refractivity contribution in [2.24, 2.45) is 5.92 Å². The quantitative estimate of drug-likeness (QED) is 0.647. The second-order valence-electron chi connectivity index (χ2n) is 8.38. The molecular weight excluding hydrogens is 410 g/mol. The van der Waals surface area contributed by atoms with Gasteiger partial charge in [-0.1, -0.05) is 42.5 Å². The molecule has 7 heteroatoms. The molecule has 0 bridgehead atoms. The van der Waals surface area contributed by atoms with E-state index in [0.29, 0.717) is 26.2 Å². The third-order valence-electron chi connectivity index (χ3n) is 5.83. The molecule has 2 aliphatic heterocycles. The summed E-state index contributed by atoms with van der Waals surface area (Å²) in [7, 11) is 0. The van der Waals surface area contributed by atoms with Gasteiger partial charge < -0.3 is 29.4 Å². The highest BCUT2D eigenvalue weighted by atomic mass is 16.7. The molecule has 0 aromatic heterocycles. The zero-order valence-corrected chi connectivity index (χ0v) is 18.4. The summed E-state index contributed by atoms with van der Waals surface area (Å²) in [4.78, 5) is 11.2. The van der Waals surface area contributed by atoms with Gasteiger partial charge in [-0.2, -0.15) is 0 Å². The van der Waals surface area contributed by atoms with E-state index >= 15 is 0 Å². The van der Waals surface area contributed by atoms with Crippen LogP contribution < -0.4 is 10.1 Å². The summed E-state index contributed by atoms with van der Waals surface area (Å²) in [6, 6.07) is 18.0. The van der Waals surface area contributed by atoms with Crippen molar-refractivity contribution < 1.29 is 28.8 Å². The summed E-state index contributed by atoms with van der Waals surface area (Å²) in [6.07, 6.45) is 3.28. The Hall–Kier alpha value is -3.03. The Labute approximate surface area is 187 Å². The molecule has 32 heavy (non-hydrogen) atoms. The fraction of sp³-hybridized carbons (Fsp3) is 0.400. The maximum absolute atomic E-state index is 11.2. The molecule has 7 nitrogen and oxygen atoms in total. The van der Waals surface area contributed by atoms with Crippen LogP contribution in [0.25, 0.3) is 0 Å². The number of hydrogen-bond donors (Lipinski definition) is 2. The molecule has 1 fully saturated rings. The van der Waals surface area contributed by atoms with Gasteiger partial charge in [-0.15, -0.1) is 0 Å². The number of ether oxygens (including phenoxy) is 4. The fourth-order valence-corrected chi connectivity index (χ4v) is 3.92. The van der Waals surface area contributed by atoms with Crippen LogP contribution in [-0.4, -0.2) is 36.7 Å². The molecule has 4 rings (SSSR count). The lowest BCUT2D eigenvalue weighted by Crippen LogP contribution is -2.48. The summed E-state index contributed by atoms with van der Waals surface area (Å²) < 4.78 is 23.0. The Morgan fingerprint density at radius 2 is 1.81 bits per heavy atom. The topological polar surface area (TPSA) is 86.3 Å². The van der Waals surface area contributed by atoms with Crippen molar-refractivity contribution in [1.82, 2.24) is 5.32 Å². The van der Waals surface area contributed by atoms with Crippen LogP contribution >= 0.6 is 0 Å². The fourth-order valence-electron chi connectivity index (χ4n) is 3.92. The molecule has 1 unspecified atom stereocenters. The molecular formula is C25H29NO6. The Bertz CT molecular complexity index is 950. The molecule has 1 atom stereocenters. The maximum atomic E-state index is 11.2. The predicted molar refractivity (Wildman–Crippen MR) is 118 cm³/mol. The van der Waals surface area contributed by atoms with E-state index < -0.39 is 17.5 Å². The highest BCUT2D eigenvalue weighted by Gasteiger charge is 2.40. The number of carboxylic acids is 1. The normalized spacial score (nSPS) is 27.2. The number of benzene rings is 2. The first kappa shape index (κ1) is 22.2. The van der Waals surface area contributed by atoms with Crippen LogP contribution in [-0.2, 0) is 31.2 Å². The first-order chi connectivity index (χ1) is 15.4. The lowest BCUT2D eigenvalue weighted by molar-refractivity contribution is -0.270. The van der Waals surface area contributed by atoms with Crippen molar-refractivity contribution in [2.45, 2.75) is 38.2 Å². The number of carbonyl (C=O) groups is 1. The Balaban J connectivity index is 1.28. The summed E-state index contributed by atoms with van der Waals surface area (Å²) in [6.45, 7) is 4.55. The van der Waals surface area contributed by atoms with Gasteiger partial charge in [0.15, 0.2) is 0 Å². The average Bonchev–Trinajstić information content (AvgIpc) is 3.19. The van der Waals surface area contributed by atoms with Crippen LogP contribution in [0.3, 0.4) is 0 Å². The van der Waals surface area contributed by atoms with Gasteiger partial charge in [0.25, 0.3) is 5.79 Å². The molecule has 0 spiro atoms. The second-order valence-corrected chi connectivity index (χ2v) is 8.38. The van der Waals surface area contributed by atoms with E-state index in [0.717, 1.165) is 29.1 Å². The minimum absolute atomic E-state index is 0.112. The van der Waals surface area contributed by atoms with Crippen molar-refractivity contribution >= 4 is 5.97 Å². The molecule has 0 radical (unpaired) electrons. The average molecular weight is 440 g/mol. The SMILES string of the molecule is CC1=CNC(CCOc2ccc(CC3COC(C)(C(=O)O)OC3)cc2)(c2ccccc2)O1. The van der Waals surface area contributed by atoms with E-state index in [9.17, 15) is 4.79 Å². The number of carboxylic acid groups (broad SMARTS) is 1. The Morgan fingerprint density at radius 1 is 1.12 bits per heavy atom. The lowest BCUT2D eigenvalue weighted by atomic mass is 9.99. The predicted octanol–water partition coefficient (Wildman–Crippen LogP) is 3.80. The number of nitrogens with one attached hydrogen (secondary N) is 1. The van der Waals surface area contributed by atoms with Crippen molar-refractivity contribution in [3.8, 4) is 5.75 Å². The van der Waals surface area contributed by atoms with Gasteiger partial charge in [0, 0.05) is 31.0 Å². The largest absolute Gasteiger partial charge is 0.493 e. The summed E-state index contributed by atoms with van der Waals surface area (Å²) in [5.74, 6) is -0.902. The van der Waals surface area contributed by atoms with E-state index in [-0.39, 0.29) is 5.92 Å². The molecule has 1 saturated heterocycles. The molecule has 2 aliphatic rings. The second kappa shape index (κ2) is 9.22. The minimum Gasteiger partial charge on any atom is -0.493 e. The third-order valence-corrected chi connectivity index (χ3v) is 5.83. The number of rotatable bonds is 8. The Morgan fingerprint density at radius 3 is 2.41 bits per heavy atom. The van der Waals surface area contributed by atoms with Crippen molar-refractivity contribution in [2.75, 3.05) is 19.8 Å². The first-order valence-electron chi connectivity index (χ1n) is 10.8. The van der Waals surface area contributed by atoms with Crippen molar-refractivity contribution in [3.05, 3.63) is 77.7 Å². The zero-order valence-electron chi connectivity index (χ0n) is 18.4. The highest BCUT2D eigenvalue weighted by molar-refractivity contribution is 5.75. The standard InChI is InChI=1S/C25H29NO6/c1-18-15-26-25(32-18,21-6-4-3-5-7-21)12-13-29-22-10-8-19(9-11-22)14-20-16-30-24(2,23(27)28)31-17-20/h3-11,15,20,26H,12-14,16-17H2,1-2H3,(H,27,28). The monoisotopic (exact) mass is 439 g/mol. The van der Waals surface area contributed by atoms with Crippen LogP contribution in [0.5, 0.6) is 5.75 Å². The van der Waals surface area contributed by atoms with E-state index in [1.807, 2.05) is 67.7 Å². The van der Waals surface area contributed by atoms with Crippen LogP contribution in [0.1, 0.15) is 31.4 Å². The number of hydrogen-bond acceptors (Lipinski definition) is 6. The van der Waals surface area contributed by atoms with Gasteiger partial charge in [0.1, 0.15) is 11.5 Å². The van der Waals surface area contributed by atoms with Gasteiger partial charge in [-0.25, -0.2) is 4.79 Å². The van der Waals surface area contributed by atoms with Gasteiger partial charge >= 0.3 is 5.97 Å².